The van der Waals surface area contributed by atoms with Gasteiger partial charge in [0.05, 0.1) is 11.9 Å². The molecule has 0 fully saturated rings. The van der Waals surface area contributed by atoms with E-state index in [2.05, 4.69) is 6.08 Å². The van der Waals surface area contributed by atoms with E-state index in [0.29, 0.717) is 0 Å². The lowest BCUT2D eigenvalue weighted by molar-refractivity contribution is -0.00514. The maximum atomic E-state index is 9.14. The van der Waals surface area contributed by atoms with Gasteiger partial charge >= 0.3 is 0 Å². The predicted octanol–water partition coefficient (Wildman–Crippen LogP) is 1.45. The summed E-state index contributed by atoms with van der Waals surface area (Å²) in [6.45, 7) is 3.69. The molecule has 0 saturated heterocycles. The van der Waals surface area contributed by atoms with Crippen LogP contribution < -0.4 is 0 Å². The van der Waals surface area contributed by atoms with E-state index in [4.69, 9.17) is 9.84 Å². The molecule has 2 heteroatoms. The van der Waals surface area contributed by atoms with E-state index in [1.165, 1.54) is 0 Å². The molecule has 0 saturated carbocycles. The molecule has 0 aromatic heterocycles. The Morgan fingerprint density at radius 2 is 2.50 bits per heavy atom. The van der Waals surface area contributed by atoms with Crippen LogP contribution in [0, 0.1) is 0 Å². The van der Waals surface area contributed by atoms with Crippen LogP contribution in [-0.4, -0.2) is 17.3 Å². The molecular formula is C8H14O2. The Balaban J connectivity index is 2.45. The first kappa shape index (κ1) is 7.61. The van der Waals surface area contributed by atoms with E-state index < -0.39 is 0 Å². The first-order valence-corrected chi connectivity index (χ1v) is 3.71. The molecule has 1 aliphatic rings. The van der Waals surface area contributed by atoms with Crippen LogP contribution in [0.5, 0.6) is 0 Å². The van der Waals surface area contributed by atoms with Crippen LogP contribution in [0.3, 0.4) is 0 Å². The average Bonchev–Trinajstić information content (AvgIpc) is 1.88. The third-order valence-corrected chi connectivity index (χ3v) is 1.76. The van der Waals surface area contributed by atoms with Crippen LogP contribution in [-0.2, 0) is 4.74 Å². The first-order chi connectivity index (χ1) is 4.70. The van der Waals surface area contributed by atoms with Gasteiger partial charge in [-0.15, -0.1) is 0 Å². The Morgan fingerprint density at radius 1 is 1.80 bits per heavy atom. The molecular weight excluding hydrogens is 128 g/mol. The maximum Gasteiger partial charge on any atom is 0.124 e. The summed E-state index contributed by atoms with van der Waals surface area (Å²) in [7, 11) is 0. The molecule has 2 atom stereocenters. The minimum absolute atomic E-state index is 0.0185. The molecule has 1 aliphatic heterocycles. The second kappa shape index (κ2) is 3.06. The fourth-order valence-electron chi connectivity index (χ4n) is 1.14. The van der Waals surface area contributed by atoms with Gasteiger partial charge in [0, 0.05) is 0 Å². The van der Waals surface area contributed by atoms with Gasteiger partial charge in [-0.3, -0.25) is 0 Å². The number of hydrogen-bond donors (Lipinski definition) is 1. The van der Waals surface area contributed by atoms with Crippen molar-refractivity contribution in [1.29, 1.82) is 0 Å². The number of ether oxygens (including phenoxy) is 1. The molecule has 0 spiro atoms. The van der Waals surface area contributed by atoms with Crippen molar-refractivity contribution >= 4 is 0 Å². The molecule has 10 heavy (non-hydrogen) atoms. The third kappa shape index (κ3) is 1.74. The molecule has 0 radical (unpaired) electrons. The van der Waals surface area contributed by atoms with Crippen molar-refractivity contribution in [3.05, 3.63) is 11.8 Å². The van der Waals surface area contributed by atoms with Crippen molar-refractivity contribution in [2.75, 3.05) is 0 Å². The number of hydrogen-bond acceptors (Lipinski definition) is 2. The molecule has 1 heterocycles. The summed E-state index contributed by atoms with van der Waals surface area (Å²) < 4.78 is 5.36. The number of aliphatic hydroxyl groups excluding tert-OH is 1. The maximum absolute atomic E-state index is 9.14. The van der Waals surface area contributed by atoms with Crippen LogP contribution in [0.1, 0.15) is 26.7 Å². The van der Waals surface area contributed by atoms with Crippen molar-refractivity contribution in [3.63, 3.8) is 0 Å². The van der Waals surface area contributed by atoms with E-state index in [1.54, 1.807) is 6.92 Å². The fourth-order valence-corrected chi connectivity index (χ4v) is 1.14. The molecule has 2 nitrogen and oxygen atoms in total. The van der Waals surface area contributed by atoms with Crippen LogP contribution in [0.15, 0.2) is 11.8 Å². The van der Waals surface area contributed by atoms with E-state index in [0.717, 1.165) is 18.6 Å². The van der Waals surface area contributed by atoms with Gasteiger partial charge in [-0.05, 0) is 32.8 Å². The predicted molar refractivity (Wildman–Crippen MR) is 39.5 cm³/mol. The smallest absolute Gasteiger partial charge is 0.124 e. The summed E-state index contributed by atoms with van der Waals surface area (Å²) in [4.78, 5) is 0. The Hall–Kier alpha value is -0.500. The van der Waals surface area contributed by atoms with Crippen molar-refractivity contribution in [1.82, 2.24) is 0 Å². The normalized spacial score (nSPS) is 28.7. The van der Waals surface area contributed by atoms with Crippen molar-refractivity contribution in [2.45, 2.75) is 38.9 Å². The van der Waals surface area contributed by atoms with Gasteiger partial charge in [0.2, 0.25) is 0 Å². The Bertz CT molecular complexity index is 138. The second-order valence-electron chi connectivity index (χ2n) is 2.79. The lowest BCUT2D eigenvalue weighted by Crippen LogP contribution is -2.27. The number of rotatable bonds is 1. The molecule has 0 amide bonds. The van der Waals surface area contributed by atoms with Crippen molar-refractivity contribution in [3.8, 4) is 0 Å². The van der Waals surface area contributed by atoms with Crippen LogP contribution in [0.25, 0.3) is 0 Å². The highest BCUT2D eigenvalue weighted by Crippen LogP contribution is 2.18. The summed E-state index contributed by atoms with van der Waals surface area (Å²) in [6, 6.07) is 0. The van der Waals surface area contributed by atoms with Gasteiger partial charge in [0.25, 0.3) is 0 Å². The zero-order valence-corrected chi connectivity index (χ0v) is 6.50. The van der Waals surface area contributed by atoms with Gasteiger partial charge in [-0.1, -0.05) is 0 Å². The second-order valence-corrected chi connectivity index (χ2v) is 2.79. The lowest BCUT2D eigenvalue weighted by atomic mass is 10.1. The standard InChI is InChI=1S/C8H14O2/c1-6-4-3-5-8(10-6)7(2)9/h4,7-9H,3,5H2,1-2H3. The highest BCUT2D eigenvalue weighted by atomic mass is 16.5. The SMILES string of the molecule is CC1=CCCC(C(C)O)O1. The van der Waals surface area contributed by atoms with E-state index >= 15 is 0 Å². The zero-order valence-electron chi connectivity index (χ0n) is 6.50. The molecule has 0 bridgehead atoms. The molecule has 1 N–H and O–H groups in total. The Kier molecular flexibility index (Phi) is 2.33. The Morgan fingerprint density at radius 3 is 2.90 bits per heavy atom. The van der Waals surface area contributed by atoms with Gasteiger partial charge in [0.15, 0.2) is 0 Å². The van der Waals surface area contributed by atoms with E-state index in [-0.39, 0.29) is 12.2 Å². The minimum Gasteiger partial charge on any atom is -0.493 e. The highest BCUT2D eigenvalue weighted by molar-refractivity contribution is 4.94. The molecule has 0 aromatic rings. The quantitative estimate of drug-likeness (QED) is 0.600. The van der Waals surface area contributed by atoms with Gasteiger partial charge in [0.1, 0.15) is 6.10 Å². The minimum atomic E-state index is -0.344. The first-order valence-electron chi connectivity index (χ1n) is 3.71. The van der Waals surface area contributed by atoms with Crippen LogP contribution in [0.4, 0.5) is 0 Å². The fraction of sp³-hybridized carbons (Fsp3) is 0.750. The summed E-state index contributed by atoms with van der Waals surface area (Å²) in [6.07, 6.45) is 3.70. The molecule has 58 valence electrons. The summed E-state index contributed by atoms with van der Waals surface area (Å²) in [5, 5.41) is 9.14. The highest BCUT2D eigenvalue weighted by Gasteiger charge is 2.18. The molecule has 0 aliphatic carbocycles. The summed E-state index contributed by atoms with van der Waals surface area (Å²) in [5.41, 5.74) is 0. The van der Waals surface area contributed by atoms with Crippen molar-refractivity contribution in [2.24, 2.45) is 0 Å². The largest absolute Gasteiger partial charge is 0.493 e. The monoisotopic (exact) mass is 142 g/mol. The molecule has 2 unspecified atom stereocenters. The van der Waals surface area contributed by atoms with Crippen molar-refractivity contribution < 1.29 is 9.84 Å². The van der Waals surface area contributed by atoms with Gasteiger partial charge in [-0.2, -0.15) is 0 Å². The van der Waals surface area contributed by atoms with Gasteiger partial charge < -0.3 is 9.84 Å². The van der Waals surface area contributed by atoms with E-state index in [9.17, 15) is 0 Å². The topological polar surface area (TPSA) is 29.5 Å². The Labute approximate surface area is 61.5 Å². The van der Waals surface area contributed by atoms with Crippen LogP contribution >= 0.6 is 0 Å². The number of allylic oxidation sites excluding steroid dienone is 2. The van der Waals surface area contributed by atoms with Crippen LogP contribution in [0.2, 0.25) is 0 Å². The summed E-state index contributed by atoms with van der Waals surface area (Å²) in [5.74, 6) is 0.942. The molecule has 1 rings (SSSR count). The van der Waals surface area contributed by atoms with E-state index in [1.807, 2.05) is 6.92 Å². The number of aliphatic hydroxyl groups is 1. The third-order valence-electron chi connectivity index (χ3n) is 1.76. The zero-order chi connectivity index (χ0) is 7.56. The summed E-state index contributed by atoms with van der Waals surface area (Å²) >= 11 is 0. The average molecular weight is 142 g/mol. The molecule has 0 aromatic carbocycles. The lowest BCUT2D eigenvalue weighted by Gasteiger charge is -2.24. The van der Waals surface area contributed by atoms with Gasteiger partial charge in [-0.25, -0.2) is 0 Å².